The first kappa shape index (κ1) is 16.7. The van der Waals surface area contributed by atoms with Crippen LogP contribution in [0.1, 0.15) is 18.7 Å². The van der Waals surface area contributed by atoms with Crippen LogP contribution in [0.5, 0.6) is 0 Å². The number of piperidine rings is 1. The smallest absolute Gasteiger partial charge is 0.243 e. The molecule has 0 amide bonds. The van der Waals surface area contributed by atoms with Gasteiger partial charge in [0, 0.05) is 38.4 Å². The molecule has 0 radical (unpaired) electrons. The molecule has 2 fully saturated rings. The second-order valence-electron chi connectivity index (χ2n) is 6.28. The number of hydrogen-bond donors (Lipinski definition) is 0. The number of ether oxygens (including phenoxy) is 2. The molecule has 4 rings (SSSR count). The Morgan fingerprint density at radius 3 is 2.28 bits per heavy atom. The van der Waals surface area contributed by atoms with Crippen molar-refractivity contribution < 1.29 is 22.3 Å². The van der Waals surface area contributed by atoms with Gasteiger partial charge in [-0.25, -0.2) is 13.4 Å². The van der Waals surface area contributed by atoms with Gasteiger partial charge < -0.3 is 13.9 Å². The van der Waals surface area contributed by atoms with Crippen molar-refractivity contribution in [1.82, 2.24) is 9.29 Å². The summed E-state index contributed by atoms with van der Waals surface area (Å²) in [5.74, 6) is 0.613. The summed E-state index contributed by atoms with van der Waals surface area (Å²) in [5.41, 5.74) is 0.796. The first-order valence-corrected chi connectivity index (χ1v) is 9.74. The van der Waals surface area contributed by atoms with Gasteiger partial charge in [0.2, 0.25) is 10.0 Å². The van der Waals surface area contributed by atoms with E-state index in [1.807, 2.05) is 0 Å². The Hall–Kier alpha value is -1.74. The number of sulfonamides is 1. The first-order valence-electron chi connectivity index (χ1n) is 8.30. The molecule has 134 valence electrons. The number of nitrogens with zero attached hydrogens (tertiary/aromatic N) is 2. The molecular weight excluding hydrogens is 344 g/mol. The van der Waals surface area contributed by atoms with Crippen LogP contribution in [0.15, 0.2) is 39.8 Å². The SMILES string of the molecule is Cc1ncc(-c2ccc(S(=O)(=O)N3CCC4(CC3)OCCO4)cc2)o1. The fourth-order valence-electron chi connectivity index (χ4n) is 3.29. The highest BCUT2D eigenvalue weighted by atomic mass is 32.2. The molecule has 0 atom stereocenters. The van der Waals surface area contributed by atoms with Crippen LogP contribution in [0.4, 0.5) is 0 Å². The van der Waals surface area contributed by atoms with E-state index in [-0.39, 0.29) is 4.90 Å². The zero-order chi connectivity index (χ0) is 17.5. The fourth-order valence-corrected chi connectivity index (χ4v) is 4.73. The molecule has 8 heteroatoms. The first-order chi connectivity index (χ1) is 12.0. The summed E-state index contributed by atoms with van der Waals surface area (Å²) in [5, 5.41) is 0. The molecule has 2 aliphatic heterocycles. The van der Waals surface area contributed by atoms with Crippen molar-refractivity contribution in [3.8, 4) is 11.3 Å². The summed E-state index contributed by atoms with van der Waals surface area (Å²) < 4.78 is 44.0. The summed E-state index contributed by atoms with van der Waals surface area (Å²) in [7, 11) is -3.53. The Labute approximate surface area is 146 Å². The summed E-state index contributed by atoms with van der Waals surface area (Å²) in [6, 6.07) is 6.69. The number of benzene rings is 1. The molecule has 0 unspecified atom stereocenters. The second kappa shape index (κ2) is 6.21. The van der Waals surface area contributed by atoms with Crippen molar-refractivity contribution in [1.29, 1.82) is 0 Å². The predicted octanol–water partition coefficient (Wildman–Crippen LogP) is 2.18. The summed E-state index contributed by atoms with van der Waals surface area (Å²) in [6.45, 7) is 3.71. The maximum atomic E-state index is 12.9. The van der Waals surface area contributed by atoms with E-state index >= 15 is 0 Å². The van der Waals surface area contributed by atoms with Crippen molar-refractivity contribution in [2.45, 2.75) is 30.4 Å². The third-order valence-corrected chi connectivity index (χ3v) is 6.61. The Balaban J connectivity index is 1.50. The van der Waals surface area contributed by atoms with Crippen LogP contribution in [0.3, 0.4) is 0 Å². The lowest BCUT2D eigenvalue weighted by Gasteiger charge is -2.36. The number of oxazole rings is 1. The van der Waals surface area contributed by atoms with Crippen LogP contribution in [0.2, 0.25) is 0 Å². The zero-order valence-corrected chi connectivity index (χ0v) is 14.8. The van der Waals surface area contributed by atoms with E-state index in [9.17, 15) is 8.42 Å². The molecule has 2 saturated heterocycles. The van der Waals surface area contributed by atoms with Gasteiger partial charge in [-0.15, -0.1) is 0 Å². The van der Waals surface area contributed by atoms with Gasteiger partial charge >= 0.3 is 0 Å². The molecule has 0 saturated carbocycles. The lowest BCUT2D eigenvalue weighted by Crippen LogP contribution is -2.47. The van der Waals surface area contributed by atoms with Gasteiger partial charge in [0.25, 0.3) is 0 Å². The highest BCUT2D eigenvalue weighted by molar-refractivity contribution is 7.89. The minimum absolute atomic E-state index is 0.275. The molecule has 2 aliphatic rings. The van der Waals surface area contributed by atoms with Crippen LogP contribution >= 0.6 is 0 Å². The molecule has 3 heterocycles. The van der Waals surface area contributed by atoms with Gasteiger partial charge in [-0.3, -0.25) is 0 Å². The van der Waals surface area contributed by atoms with Crippen LogP contribution in [0, 0.1) is 6.92 Å². The average molecular weight is 364 g/mol. The molecule has 1 aromatic heterocycles. The molecule has 1 aromatic carbocycles. The predicted molar refractivity (Wildman–Crippen MR) is 89.3 cm³/mol. The monoisotopic (exact) mass is 364 g/mol. The van der Waals surface area contributed by atoms with E-state index in [0.717, 1.165) is 5.56 Å². The highest BCUT2D eigenvalue weighted by Gasteiger charge is 2.42. The lowest BCUT2D eigenvalue weighted by atomic mass is 10.1. The number of hydrogen-bond acceptors (Lipinski definition) is 6. The summed E-state index contributed by atoms with van der Waals surface area (Å²) in [4.78, 5) is 4.33. The average Bonchev–Trinajstić information content (AvgIpc) is 3.25. The van der Waals surface area contributed by atoms with E-state index in [1.54, 1.807) is 37.4 Å². The van der Waals surface area contributed by atoms with Gasteiger partial charge in [0.05, 0.1) is 24.3 Å². The third-order valence-electron chi connectivity index (χ3n) is 4.70. The second-order valence-corrected chi connectivity index (χ2v) is 8.22. The zero-order valence-electron chi connectivity index (χ0n) is 14.0. The van der Waals surface area contributed by atoms with E-state index in [1.165, 1.54) is 4.31 Å². The van der Waals surface area contributed by atoms with E-state index in [4.69, 9.17) is 13.9 Å². The van der Waals surface area contributed by atoms with Crippen molar-refractivity contribution in [2.24, 2.45) is 0 Å². The Bertz CT molecular complexity index is 843. The van der Waals surface area contributed by atoms with Crippen molar-refractivity contribution in [2.75, 3.05) is 26.3 Å². The lowest BCUT2D eigenvalue weighted by molar-refractivity contribution is -0.179. The molecule has 0 bridgehead atoms. The normalized spacial score (nSPS) is 21.0. The minimum atomic E-state index is -3.53. The Kier molecular flexibility index (Phi) is 4.15. The molecule has 25 heavy (non-hydrogen) atoms. The van der Waals surface area contributed by atoms with Gasteiger partial charge in [-0.1, -0.05) is 0 Å². The maximum absolute atomic E-state index is 12.9. The summed E-state index contributed by atoms with van der Waals surface area (Å²) >= 11 is 0. The molecule has 2 aromatic rings. The maximum Gasteiger partial charge on any atom is 0.243 e. The van der Waals surface area contributed by atoms with Gasteiger partial charge in [-0.05, 0) is 24.3 Å². The van der Waals surface area contributed by atoms with Gasteiger partial charge in [0.15, 0.2) is 17.4 Å². The van der Waals surface area contributed by atoms with Crippen LogP contribution in [-0.2, 0) is 19.5 Å². The van der Waals surface area contributed by atoms with Crippen molar-refractivity contribution in [3.63, 3.8) is 0 Å². The molecular formula is C17H20N2O5S. The molecule has 0 N–H and O–H groups in total. The fraction of sp³-hybridized carbons (Fsp3) is 0.471. The van der Waals surface area contributed by atoms with Crippen LogP contribution < -0.4 is 0 Å². The quantitative estimate of drug-likeness (QED) is 0.830. The topological polar surface area (TPSA) is 81.9 Å². The minimum Gasteiger partial charge on any atom is -0.441 e. The van der Waals surface area contributed by atoms with Crippen LogP contribution in [-0.4, -0.2) is 49.8 Å². The van der Waals surface area contributed by atoms with Crippen LogP contribution in [0.25, 0.3) is 11.3 Å². The van der Waals surface area contributed by atoms with E-state index in [0.29, 0.717) is 50.8 Å². The number of aryl methyl sites for hydroxylation is 1. The van der Waals surface area contributed by atoms with Crippen molar-refractivity contribution >= 4 is 10.0 Å². The molecule has 1 spiro atoms. The number of aromatic nitrogens is 1. The van der Waals surface area contributed by atoms with Crippen molar-refractivity contribution in [3.05, 3.63) is 36.4 Å². The molecule has 7 nitrogen and oxygen atoms in total. The van der Waals surface area contributed by atoms with E-state index < -0.39 is 15.8 Å². The standard InChI is InChI=1S/C17H20N2O5S/c1-13-18-12-16(24-13)14-2-4-15(5-3-14)25(20,21)19-8-6-17(7-9-19)22-10-11-23-17/h2-5,12H,6-11H2,1H3. The van der Waals surface area contributed by atoms with Gasteiger partial charge in [-0.2, -0.15) is 4.31 Å². The largest absolute Gasteiger partial charge is 0.441 e. The highest BCUT2D eigenvalue weighted by Crippen LogP contribution is 2.33. The third kappa shape index (κ3) is 3.10. The number of rotatable bonds is 3. The molecule has 0 aliphatic carbocycles. The summed E-state index contributed by atoms with van der Waals surface area (Å²) in [6.07, 6.45) is 2.74. The van der Waals surface area contributed by atoms with E-state index in [2.05, 4.69) is 4.98 Å². The Morgan fingerprint density at radius 2 is 1.72 bits per heavy atom. The van der Waals surface area contributed by atoms with Gasteiger partial charge in [0.1, 0.15) is 0 Å². The Morgan fingerprint density at radius 1 is 1.08 bits per heavy atom.